The monoisotopic (exact) mass is 502 g/mol. The summed E-state index contributed by atoms with van der Waals surface area (Å²) in [4.78, 5) is 51.9. The van der Waals surface area contributed by atoms with Crippen LogP contribution in [-0.2, 0) is 25.6 Å². The smallest absolute Gasteiger partial charge is 0.248 e. The summed E-state index contributed by atoms with van der Waals surface area (Å²) in [5.41, 5.74) is 1.20. The standard InChI is InChI=1S/C28H30N4O5/c1-37-21-4-2-3-15-10-17(11-18(15)21)24(33)30-20(9-14-5-6-14)25(34)32-28(13-29)12-16-7-8-19(28)23-22(16)26(35)31-27(23)36/h2-4,11,14,16,19-20,22-23H,5-10,12H2,1H3,(H,30,33)(H,32,34)(H,31,35,36)/t16?,19-,20+,22+,23-,28-/m1/s1. The van der Waals surface area contributed by atoms with Gasteiger partial charge in [-0.15, -0.1) is 0 Å². The van der Waals surface area contributed by atoms with Gasteiger partial charge in [0, 0.05) is 23.5 Å². The first-order valence-corrected chi connectivity index (χ1v) is 13.1. The Morgan fingerprint density at radius 3 is 2.70 bits per heavy atom. The third-order valence-electron chi connectivity index (χ3n) is 9.05. The third-order valence-corrected chi connectivity index (χ3v) is 9.05. The molecule has 0 aromatic heterocycles. The zero-order valence-corrected chi connectivity index (χ0v) is 20.7. The summed E-state index contributed by atoms with van der Waals surface area (Å²) in [6, 6.07) is 7.23. The molecule has 4 saturated carbocycles. The summed E-state index contributed by atoms with van der Waals surface area (Å²) in [6.07, 6.45) is 6.47. The molecule has 5 aliphatic carbocycles. The molecule has 1 aromatic rings. The van der Waals surface area contributed by atoms with E-state index in [1.807, 2.05) is 24.3 Å². The van der Waals surface area contributed by atoms with Gasteiger partial charge in [-0.2, -0.15) is 5.26 Å². The van der Waals surface area contributed by atoms with Gasteiger partial charge in [0.2, 0.25) is 23.6 Å². The number of nitriles is 1. The molecular formula is C28H30N4O5. The number of imide groups is 1. The number of carbonyl (C=O) groups is 4. The van der Waals surface area contributed by atoms with Crippen LogP contribution in [0.15, 0.2) is 23.8 Å². The van der Waals surface area contributed by atoms with E-state index in [4.69, 9.17) is 4.74 Å². The van der Waals surface area contributed by atoms with Crippen molar-refractivity contribution in [3.63, 3.8) is 0 Å². The molecule has 0 spiro atoms. The Bertz CT molecular complexity index is 1280. The molecule has 9 nitrogen and oxygen atoms in total. The maximum absolute atomic E-state index is 13.6. The summed E-state index contributed by atoms with van der Waals surface area (Å²) in [5, 5.41) is 18.6. The lowest BCUT2D eigenvalue weighted by molar-refractivity contribution is -0.138. The van der Waals surface area contributed by atoms with E-state index in [0.717, 1.165) is 30.4 Å². The van der Waals surface area contributed by atoms with E-state index in [2.05, 4.69) is 22.0 Å². The number of hydrogen-bond acceptors (Lipinski definition) is 6. The van der Waals surface area contributed by atoms with Crippen molar-refractivity contribution in [3.05, 3.63) is 34.9 Å². The summed E-state index contributed by atoms with van der Waals surface area (Å²) >= 11 is 0. The molecule has 6 atom stereocenters. The molecule has 1 heterocycles. The fourth-order valence-corrected chi connectivity index (χ4v) is 7.09. The molecule has 9 heteroatoms. The minimum absolute atomic E-state index is 0.130. The van der Waals surface area contributed by atoms with Crippen LogP contribution in [0.25, 0.3) is 6.08 Å². The molecule has 1 aromatic carbocycles. The number of carbonyl (C=O) groups excluding carboxylic acids is 4. The van der Waals surface area contributed by atoms with Crippen molar-refractivity contribution < 1.29 is 23.9 Å². The summed E-state index contributed by atoms with van der Waals surface area (Å²) in [7, 11) is 1.59. The number of nitrogens with zero attached hydrogens (tertiary/aromatic N) is 1. The van der Waals surface area contributed by atoms with Crippen molar-refractivity contribution in [2.75, 3.05) is 7.11 Å². The number of methoxy groups -OCH3 is 1. The Kier molecular flexibility index (Phi) is 5.59. The molecule has 5 fully saturated rings. The lowest BCUT2D eigenvalue weighted by Crippen LogP contribution is -2.66. The van der Waals surface area contributed by atoms with E-state index in [1.165, 1.54) is 0 Å². The molecule has 6 aliphatic rings. The van der Waals surface area contributed by atoms with E-state index in [1.54, 1.807) is 7.11 Å². The van der Waals surface area contributed by atoms with Crippen molar-refractivity contribution in [1.82, 2.24) is 16.0 Å². The Morgan fingerprint density at radius 1 is 1.19 bits per heavy atom. The molecule has 1 saturated heterocycles. The van der Waals surface area contributed by atoms with Crippen molar-refractivity contribution in [1.29, 1.82) is 5.26 Å². The average molecular weight is 503 g/mol. The van der Waals surface area contributed by atoms with E-state index in [0.29, 0.717) is 42.9 Å². The van der Waals surface area contributed by atoms with Gasteiger partial charge in [0.25, 0.3) is 0 Å². The topological polar surface area (TPSA) is 137 Å². The van der Waals surface area contributed by atoms with Gasteiger partial charge < -0.3 is 15.4 Å². The predicted molar refractivity (Wildman–Crippen MR) is 131 cm³/mol. The Hall–Kier alpha value is -3.67. The molecule has 192 valence electrons. The van der Waals surface area contributed by atoms with Gasteiger partial charge in [0.15, 0.2) is 0 Å². The molecule has 2 bridgehead atoms. The molecule has 0 radical (unpaired) electrons. The van der Waals surface area contributed by atoms with E-state index in [9.17, 15) is 24.4 Å². The predicted octanol–water partition coefficient (Wildman–Crippen LogP) is 1.62. The maximum atomic E-state index is 13.6. The second-order valence-electron chi connectivity index (χ2n) is 11.2. The van der Waals surface area contributed by atoms with Gasteiger partial charge >= 0.3 is 0 Å². The minimum atomic E-state index is -1.23. The maximum Gasteiger partial charge on any atom is 0.248 e. The van der Waals surface area contributed by atoms with Gasteiger partial charge in [0.1, 0.15) is 17.3 Å². The van der Waals surface area contributed by atoms with Gasteiger partial charge in [-0.3, -0.25) is 24.5 Å². The van der Waals surface area contributed by atoms with Crippen LogP contribution in [0.3, 0.4) is 0 Å². The number of benzene rings is 1. The quantitative estimate of drug-likeness (QED) is 0.485. The highest BCUT2D eigenvalue weighted by molar-refractivity contribution is 6.06. The van der Waals surface area contributed by atoms with Crippen LogP contribution in [0.2, 0.25) is 0 Å². The SMILES string of the molecule is COc1cccc2c1C=C(C(=O)N[C@@H](CC1CC1)C(=O)N[C@@]1(C#N)CC3CC[C@@H]1[C@H]1C(=O)NC(=O)[C@@H]31)C2. The zero-order valence-electron chi connectivity index (χ0n) is 20.7. The first-order chi connectivity index (χ1) is 17.8. The lowest BCUT2D eigenvalue weighted by atomic mass is 9.52. The summed E-state index contributed by atoms with van der Waals surface area (Å²) < 4.78 is 5.42. The highest BCUT2D eigenvalue weighted by atomic mass is 16.5. The van der Waals surface area contributed by atoms with E-state index < -0.39 is 35.2 Å². The van der Waals surface area contributed by atoms with Crippen molar-refractivity contribution in [2.24, 2.45) is 29.6 Å². The average Bonchev–Trinajstić information content (AvgIpc) is 3.51. The first kappa shape index (κ1) is 23.7. The molecule has 7 rings (SSSR count). The summed E-state index contributed by atoms with van der Waals surface area (Å²) in [5.74, 6) is -1.82. The molecule has 1 aliphatic heterocycles. The first-order valence-electron chi connectivity index (χ1n) is 13.1. The molecule has 3 N–H and O–H groups in total. The van der Waals surface area contributed by atoms with E-state index >= 15 is 0 Å². The van der Waals surface area contributed by atoms with Gasteiger partial charge in [-0.1, -0.05) is 25.0 Å². The normalized spacial score (nSPS) is 31.9. The Balaban J connectivity index is 1.21. The van der Waals surface area contributed by atoms with Crippen LogP contribution in [-0.4, -0.2) is 42.3 Å². The van der Waals surface area contributed by atoms with E-state index in [-0.39, 0.29) is 23.6 Å². The second kappa shape index (κ2) is 8.72. The second-order valence-corrected chi connectivity index (χ2v) is 11.2. The highest BCUT2D eigenvalue weighted by Gasteiger charge is 2.64. The number of amides is 4. The van der Waals surface area contributed by atoms with Crippen LogP contribution in [0, 0.1) is 40.9 Å². The van der Waals surface area contributed by atoms with Gasteiger partial charge in [-0.25, -0.2) is 0 Å². The minimum Gasteiger partial charge on any atom is -0.496 e. The largest absolute Gasteiger partial charge is 0.496 e. The number of nitrogens with one attached hydrogen (secondary N) is 3. The molecule has 4 amide bonds. The number of hydrogen-bond donors (Lipinski definition) is 3. The fourth-order valence-electron chi connectivity index (χ4n) is 7.09. The Morgan fingerprint density at radius 2 is 1.97 bits per heavy atom. The van der Waals surface area contributed by atoms with Crippen molar-refractivity contribution in [3.8, 4) is 11.8 Å². The molecule has 37 heavy (non-hydrogen) atoms. The van der Waals surface area contributed by atoms with Gasteiger partial charge in [-0.05, 0) is 55.2 Å². The number of fused-ring (bicyclic) bond motifs is 3. The Labute approximate surface area is 215 Å². The lowest BCUT2D eigenvalue weighted by Gasteiger charge is -2.52. The fraction of sp³-hybridized carbons (Fsp3) is 0.536. The zero-order chi connectivity index (χ0) is 25.9. The van der Waals surface area contributed by atoms with Gasteiger partial charge in [0.05, 0.1) is 25.0 Å². The number of rotatable bonds is 7. The third kappa shape index (κ3) is 3.90. The van der Waals surface area contributed by atoms with Crippen molar-refractivity contribution >= 4 is 29.7 Å². The van der Waals surface area contributed by atoms with Crippen LogP contribution >= 0.6 is 0 Å². The highest BCUT2D eigenvalue weighted by Crippen LogP contribution is 2.55. The number of ether oxygens (including phenoxy) is 1. The van der Waals surface area contributed by atoms with Crippen LogP contribution in [0.5, 0.6) is 5.75 Å². The summed E-state index contributed by atoms with van der Waals surface area (Å²) in [6.45, 7) is 0. The molecule has 1 unspecified atom stereocenters. The van der Waals surface area contributed by atoms with Crippen LogP contribution in [0.4, 0.5) is 0 Å². The van der Waals surface area contributed by atoms with Crippen LogP contribution in [0.1, 0.15) is 49.7 Å². The molecular weight excluding hydrogens is 472 g/mol. The van der Waals surface area contributed by atoms with Crippen molar-refractivity contribution in [2.45, 2.75) is 56.5 Å². The van der Waals surface area contributed by atoms with Crippen LogP contribution < -0.4 is 20.7 Å².